The molecule has 12 heteroatoms. The van der Waals surface area contributed by atoms with E-state index < -0.39 is 11.8 Å². The van der Waals surface area contributed by atoms with Gasteiger partial charge in [-0.3, -0.25) is 4.79 Å². The number of fused-ring (bicyclic) bond motifs is 3. The lowest BCUT2D eigenvalue weighted by Crippen LogP contribution is -2.64. The molecule has 1 aliphatic carbocycles. The summed E-state index contributed by atoms with van der Waals surface area (Å²) in [4.78, 5) is 31.8. The van der Waals surface area contributed by atoms with Crippen LogP contribution in [0.15, 0.2) is 42.5 Å². The van der Waals surface area contributed by atoms with Gasteiger partial charge in [-0.25, -0.2) is 9.18 Å². The van der Waals surface area contributed by atoms with Gasteiger partial charge in [-0.2, -0.15) is 0 Å². The van der Waals surface area contributed by atoms with Gasteiger partial charge in [0.05, 0.1) is 64.8 Å². The zero-order valence-electron chi connectivity index (χ0n) is 25.8. The minimum absolute atomic E-state index is 0.0346. The van der Waals surface area contributed by atoms with Crippen LogP contribution in [-0.4, -0.2) is 80.2 Å². The molecule has 4 aliphatic heterocycles. The van der Waals surface area contributed by atoms with E-state index in [0.29, 0.717) is 41.9 Å². The van der Waals surface area contributed by atoms with Crippen molar-refractivity contribution in [3.8, 4) is 16.9 Å². The number of aromatic carboxylic acids is 1. The van der Waals surface area contributed by atoms with Gasteiger partial charge in [-0.1, -0.05) is 41.4 Å². The van der Waals surface area contributed by atoms with Crippen LogP contribution >= 0.6 is 23.2 Å². The van der Waals surface area contributed by atoms with Crippen LogP contribution in [0.5, 0.6) is 5.75 Å². The van der Waals surface area contributed by atoms with Crippen molar-refractivity contribution < 1.29 is 33.3 Å². The van der Waals surface area contributed by atoms with Gasteiger partial charge in [0.2, 0.25) is 0 Å². The van der Waals surface area contributed by atoms with Crippen molar-refractivity contribution in [2.75, 3.05) is 49.9 Å². The SMILES string of the molecule is COC1CC2(C1)CN(c1cc(Cl)c(C(=O)N3COc4c(cccc4-c4cc(N5[C@@H]6CC[C@H]5COC6)c(C(=O)O)cc4F)C3)c(Cl)c1)C2. The highest BCUT2D eigenvalue weighted by Gasteiger charge is 2.52. The number of anilines is 2. The lowest BCUT2D eigenvalue weighted by Gasteiger charge is -2.59. The van der Waals surface area contributed by atoms with Crippen LogP contribution in [0.25, 0.3) is 11.1 Å². The quantitative estimate of drug-likeness (QED) is 0.317. The molecule has 8 rings (SSSR count). The molecule has 47 heavy (non-hydrogen) atoms. The number of carboxylic acid groups (broad SMARTS) is 1. The normalized spacial score (nSPS) is 22.9. The van der Waals surface area contributed by atoms with Crippen molar-refractivity contribution >= 4 is 46.5 Å². The van der Waals surface area contributed by atoms with Gasteiger partial charge in [-0.05, 0) is 49.9 Å². The van der Waals surface area contributed by atoms with Crippen LogP contribution in [0.4, 0.5) is 15.8 Å². The minimum atomic E-state index is -1.19. The first kappa shape index (κ1) is 30.7. The maximum Gasteiger partial charge on any atom is 0.337 e. The number of ether oxygens (including phenoxy) is 3. The highest BCUT2D eigenvalue weighted by atomic mass is 35.5. The highest BCUT2D eigenvalue weighted by Crippen LogP contribution is 2.51. The number of rotatable bonds is 6. The predicted octanol–water partition coefficient (Wildman–Crippen LogP) is 6.47. The molecule has 1 saturated carbocycles. The molecule has 5 aliphatic rings. The zero-order valence-corrected chi connectivity index (χ0v) is 27.3. The lowest BCUT2D eigenvalue weighted by atomic mass is 9.61. The van der Waals surface area contributed by atoms with Crippen LogP contribution < -0.4 is 14.5 Å². The Morgan fingerprint density at radius 1 is 1.02 bits per heavy atom. The molecule has 0 aromatic heterocycles. The Labute approximate surface area is 281 Å². The Bertz CT molecular complexity index is 1750. The van der Waals surface area contributed by atoms with Gasteiger partial charge >= 0.3 is 5.97 Å². The van der Waals surface area contributed by atoms with E-state index in [-0.39, 0.29) is 63.4 Å². The summed E-state index contributed by atoms with van der Waals surface area (Å²) in [5.74, 6) is -1.77. The maximum atomic E-state index is 15.7. The number of carboxylic acids is 1. The number of amides is 1. The summed E-state index contributed by atoms with van der Waals surface area (Å²) >= 11 is 13.4. The average Bonchev–Trinajstić information content (AvgIpc) is 3.25. The first-order valence-electron chi connectivity index (χ1n) is 15.9. The van der Waals surface area contributed by atoms with Crippen molar-refractivity contribution in [3.63, 3.8) is 0 Å². The molecule has 3 aromatic carbocycles. The maximum absolute atomic E-state index is 15.7. The second-order valence-corrected chi connectivity index (χ2v) is 14.3. The van der Waals surface area contributed by atoms with Gasteiger partial charge in [-0.15, -0.1) is 0 Å². The van der Waals surface area contributed by atoms with Crippen LogP contribution in [0, 0.1) is 11.2 Å². The summed E-state index contributed by atoms with van der Waals surface area (Å²) in [6.07, 6.45) is 4.19. The molecule has 3 saturated heterocycles. The number of para-hydroxylation sites is 1. The molecule has 0 unspecified atom stereocenters. The third-order valence-corrected chi connectivity index (χ3v) is 11.1. The van der Waals surface area contributed by atoms with E-state index in [1.807, 2.05) is 6.07 Å². The van der Waals surface area contributed by atoms with E-state index >= 15 is 4.39 Å². The standard InChI is InChI=1S/C35H34Cl2FN3O6/c1-45-23-11-35(12-23)16-40(17-35)22-7-27(36)31(28(37)8-22)33(42)39-13-19-3-2-4-24(32(19)47-18-39)25-10-30(26(34(43)44)9-29(25)38)41-20-5-6-21(41)15-46-14-20/h2-4,7-10,20-21,23H,5-6,11-18H2,1H3,(H,43,44)/t20-,21+. The van der Waals surface area contributed by atoms with Crippen molar-refractivity contribution in [1.29, 1.82) is 0 Å². The van der Waals surface area contributed by atoms with E-state index in [4.69, 9.17) is 37.4 Å². The first-order chi connectivity index (χ1) is 22.6. The predicted molar refractivity (Wildman–Crippen MR) is 175 cm³/mol. The fourth-order valence-electron chi connectivity index (χ4n) is 8.17. The fraction of sp³-hybridized carbons (Fsp3) is 0.429. The van der Waals surface area contributed by atoms with Gasteiger partial charge < -0.3 is 34.0 Å². The number of hydrogen-bond acceptors (Lipinski definition) is 7. The van der Waals surface area contributed by atoms with E-state index in [1.165, 1.54) is 4.90 Å². The van der Waals surface area contributed by atoms with Crippen LogP contribution in [0.3, 0.4) is 0 Å². The molecule has 1 spiro atoms. The van der Waals surface area contributed by atoms with Crippen LogP contribution in [0.1, 0.15) is 52.0 Å². The first-order valence-corrected chi connectivity index (χ1v) is 16.6. The van der Waals surface area contributed by atoms with E-state index in [2.05, 4.69) is 9.80 Å². The largest absolute Gasteiger partial charge is 0.478 e. The Morgan fingerprint density at radius 3 is 2.38 bits per heavy atom. The van der Waals surface area contributed by atoms with Crippen molar-refractivity contribution in [2.45, 2.75) is 50.4 Å². The molecule has 1 N–H and O–H groups in total. The number of nitrogens with zero attached hydrogens (tertiary/aromatic N) is 3. The molecule has 1 amide bonds. The molecule has 2 atom stereocenters. The topological polar surface area (TPSA) is 91.8 Å². The van der Waals surface area contributed by atoms with Gasteiger partial charge in [0, 0.05) is 48.0 Å². The van der Waals surface area contributed by atoms with Crippen molar-refractivity contribution in [3.05, 3.63) is 75.0 Å². The molecular formula is C35H34Cl2FN3O6. The third kappa shape index (κ3) is 5.12. The highest BCUT2D eigenvalue weighted by molar-refractivity contribution is 6.40. The second kappa shape index (κ2) is 11.5. The average molecular weight is 683 g/mol. The van der Waals surface area contributed by atoms with E-state index in [1.54, 1.807) is 37.4 Å². The smallest absolute Gasteiger partial charge is 0.337 e. The van der Waals surface area contributed by atoms with Gasteiger partial charge in [0.1, 0.15) is 11.6 Å². The summed E-state index contributed by atoms with van der Waals surface area (Å²) in [7, 11) is 1.75. The Balaban J connectivity index is 1.04. The number of halogens is 3. The second-order valence-electron chi connectivity index (χ2n) is 13.5. The monoisotopic (exact) mass is 681 g/mol. The van der Waals surface area contributed by atoms with E-state index in [9.17, 15) is 14.7 Å². The summed E-state index contributed by atoms with van der Waals surface area (Å²) in [5, 5.41) is 10.5. The summed E-state index contributed by atoms with van der Waals surface area (Å²) in [6, 6.07) is 11.7. The fourth-order valence-corrected chi connectivity index (χ4v) is 8.81. The third-order valence-electron chi connectivity index (χ3n) is 10.5. The summed E-state index contributed by atoms with van der Waals surface area (Å²) < 4.78 is 33.0. The number of methoxy groups -OCH3 is 1. The Kier molecular flexibility index (Phi) is 7.55. The summed E-state index contributed by atoms with van der Waals surface area (Å²) in [6.45, 7) is 2.91. The number of morpholine rings is 1. The summed E-state index contributed by atoms with van der Waals surface area (Å²) in [5.41, 5.74) is 3.18. The molecule has 246 valence electrons. The lowest BCUT2D eigenvalue weighted by molar-refractivity contribution is -0.0731. The Hall–Kier alpha value is -3.57. The number of hydrogen-bond donors (Lipinski definition) is 1. The molecule has 4 fully saturated rings. The van der Waals surface area contributed by atoms with Crippen molar-refractivity contribution in [1.82, 2.24) is 4.90 Å². The van der Waals surface area contributed by atoms with Gasteiger partial charge in [0.25, 0.3) is 5.91 Å². The van der Waals surface area contributed by atoms with Crippen LogP contribution in [-0.2, 0) is 16.0 Å². The van der Waals surface area contributed by atoms with E-state index in [0.717, 1.165) is 50.5 Å². The molecule has 2 bridgehead atoms. The Morgan fingerprint density at radius 2 is 1.72 bits per heavy atom. The number of carbonyl (C=O) groups excluding carboxylic acids is 1. The molecular weight excluding hydrogens is 648 g/mol. The minimum Gasteiger partial charge on any atom is -0.478 e. The number of benzene rings is 3. The molecule has 0 radical (unpaired) electrons. The van der Waals surface area contributed by atoms with Crippen molar-refractivity contribution in [2.24, 2.45) is 5.41 Å². The molecule has 9 nitrogen and oxygen atoms in total. The van der Waals surface area contributed by atoms with Crippen LogP contribution in [0.2, 0.25) is 10.0 Å². The number of carbonyl (C=O) groups is 2. The molecule has 4 heterocycles. The zero-order chi connectivity index (χ0) is 32.6. The van der Waals surface area contributed by atoms with Gasteiger partial charge in [0.15, 0.2) is 6.73 Å². The molecule has 3 aromatic rings.